The number of rotatable bonds is 10. The second-order valence-corrected chi connectivity index (χ2v) is 8.62. The first-order valence-electron chi connectivity index (χ1n) is 11.3. The number of carbonyl (C=O) groups is 2. The molecule has 1 aromatic heterocycles. The Kier molecular flexibility index (Phi) is 8.92. The van der Waals surface area contributed by atoms with Crippen molar-refractivity contribution in [1.29, 1.82) is 0 Å². The number of amides is 2. The van der Waals surface area contributed by atoms with Gasteiger partial charge in [0.05, 0.1) is 24.7 Å². The number of aliphatic carboxylic acids is 1. The molecule has 1 unspecified atom stereocenters. The van der Waals surface area contributed by atoms with Gasteiger partial charge in [-0.2, -0.15) is 0 Å². The van der Waals surface area contributed by atoms with Gasteiger partial charge in [-0.1, -0.05) is 66.6 Å². The van der Waals surface area contributed by atoms with Crippen LogP contribution in [0, 0.1) is 6.92 Å². The van der Waals surface area contributed by atoms with Crippen LogP contribution in [0.4, 0.5) is 16.2 Å². The van der Waals surface area contributed by atoms with Gasteiger partial charge in [0.2, 0.25) is 0 Å². The number of urea groups is 1. The van der Waals surface area contributed by atoms with Gasteiger partial charge in [-0.3, -0.25) is 9.59 Å². The fourth-order valence-corrected chi connectivity index (χ4v) is 3.77. The number of aryl methyl sites for hydroxylation is 1. The minimum Gasteiger partial charge on any atom is -0.481 e. The van der Waals surface area contributed by atoms with Crippen LogP contribution >= 0.6 is 11.6 Å². The van der Waals surface area contributed by atoms with Crippen LogP contribution in [-0.4, -0.2) is 28.2 Å². The van der Waals surface area contributed by atoms with Crippen molar-refractivity contribution in [2.45, 2.75) is 39.3 Å². The molecular weight excluding hydrogens is 468 g/mol. The number of nitrogens with one attached hydrogen (secondary N) is 3. The first-order chi connectivity index (χ1) is 16.8. The van der Waals surface area contributed by atoms with Crippen molar-refractivity contribution in [2.24, 2.45) is 0 Å². The largest absolute Gasteiger partial charge is 0.481 e. The van der Waals surface area contributed by atoms with Gasteiger partial charge in [-0.25, -0.2) is 4.79 Å². The molecule has 9 heteroatoms. The van der Waals surface area contributed by atoms with Gasteiger partial charge in [0, 0.05) is 17.8 Å². The summed E-state index contributed by atoms with van der Waals surface area (Å²) in [7, 11) is 0. The zero-order valence-corrected chi connectivity index (χ0v) is 20.4. The topological polar surface area (TPSA) is 112 Å². The number of carboxylic acids is 1. The molecule has 0 spiro atoms. The normalized spacial score (nSPS) is 11.5. The molecule has 3 rings (SSSR count). The number of carbonyl (C=O) groups excluding carboxylic acids is 1. The van der Waals surface area contributed by atoms with Crippen molar-refractivity contribution in [3.63, 3.8) is 0 Å². The number of pyridine rings is 1. The summed E-state index contributed by atoms with van der Waals surface area (Å²) in [5.74, 6) is -1.05. The summed E-state index contributed by atoms with van der Waals surface area (Å²) >= 11 is 6.26. The number of hydrogen-bond donors (Lipinski definition) is 4. The minimum absolute atomic E-state index is 0.0727. The van der Waals surface area contributed by atoms with Crippen molar-refractivity contribution >= 4 is 35.0 Å². The van der Waals surface area contributed by atoms with E-state index in [0.717, 1.165) is 17.5 Å². The molecule has 0 aliphatic rings. The van der Waals surface area contributed by atoms with Crippen LogP contribution in [0.25, 0.3) is 0 Å². The molecule has 0 saturated carbocycles. The fourth-order valence-electron chi connectivity index (χ4n) is 3.57. The number of nitrogens with zero attached hydrogens (tertiary/aromatic N) is 1. The third kappa shape index (κ3) is 7.10. The van der Waals surface area contributed by atoms with E-state index in [0.29, 0.717) is 22.8 Å². The van der Waals surface area contributed by atoms with Gasteiger partial charge in [-0.15, -0.1) is 0 Å². The Balaban J connectivity index is 1.88. The van der Waals surface area contributed by atoms with Crippen LogP contribution in [0.3, 0.4) is 0 Å². The van der Waals surface area contributed by atoms with E-state index in [1.165, 1.54) is 4.57 Å². The van der Waals surface area contributed by atoms with Crippen LogP contribution in [-0.2, 0) is 11.3 Å². The predicted octanol–water partition coefficient (Wildman–Crippen LogP) is 5.02. The lowest BCUT2D eigenvalue weighted by Gasteiger charge is -2.20. The molecule has 0 aliphatic heterocycles. The fraction of sp³-hybridized carbons (Fsp3) is 0.269. The van der Waals surface area contributed by atoms with Crippen LogP contribution in [0.2, 0.25) is 5.02 Å². The molecule has 0 aliphatic carbocycles. The van der Waals surface area contributed by atoms with E-state index < -0.39 is 23.6 Å². The van der Waals surface area contributed by atoms with E-state index in [1.807, 2.05) is 44.2 Å². The van der Waals surface area contributed by atoms with Gasteiger partial charge in [-0.05, 0) is 36.6 Å². The lowest BCUT2D eigenvalue weighted by molar-refractivity contribution is -0.137. The van der Waals surface area contributed by atoms with Crippen LogP contribution in [0.1, 0.15) is 42.5 Å². The third-order valence-electron chi connectivity index (χ3n) is 5.43. The van der Waals surface area contributed by atoms with E-state index in [1.54, 1.807) is 30.5 Å². The van der Waals surface area contributed by atoms with E-state index in [-0.39, 0.29) is 18.7 Å². The molecule has 3 aromatic rings. The summed E-state index contributed by atoms with van der Waals surface area (Å²) in [5.41, 5.74) is 2.58. The zero-order chi connectivity index (χ0) is 25.4. The van der Waals surface area contributed by atoms with Gasteiger partial charge in [0.1, 0.15) is 5.69 Å². The Labute approximate surface area is 208 Å². The number of carboxylic acid groups (broad SMARTS) is 1. The third-order valence-corrected chi connectivity index (χ3v) is 5.80. The first kappa shape index (κ1) is 25.8. The second kappa shape index (κ2) is 12.1. The monoisotopic (exact) mass is 496 g/mol. The van der Waals surface area contributed by atoms with E-state index in [4.69, 9.17) is 11.6 Å². The molecule has 0 fully saturated rings. The molecule has 35 heavy (non-hydrogen) atoms. The Hall–Kier alpha value is -3.78. The van der Waals surface area contributed by atoms with E-state index >= 15 is 0 Å². The number of anilines is 2. The number of benzene rings is 2. The van der Waals surface area contributed by atoms with Gasteiger partial charge < -0.3 is 25.6 Å². The summed E-state index contributed by atoms with van der Waals surface area (Å²) in [6, 6.07) is 14.7. The zero-order valence-electron chi connectivity index (χ0n) is 19.7. The van der Waals surface area contributed by atoms with Crippen molar-refractivity contribution in [1.82, 2.24) is 9.88 Å². The van der Waals surface area contributed by atoms with E-state index in [9.17, 15) is 19.5 Å². The summed E-state index contributed by atoms with van der Waals surface area (Å²) in [6.45, 7) is 4.75. The van der Waals surface area contributed by atoms with Crippen LogP contribution in [0.15, 0.2) is 65.6 Å². The maximum atomic E-state index is 13.3. The van der Waals surface area contributed by atoms with E-state index in [2.05, 4.69) is 16.0 Å². The standard InChI is InChI=1S/C26H29ClN4O4/c1-3-13-28-21-12-14-31(16-19-6-4-5-7-20(19)27)25(34)24(21)30-26(35)29-22(15-23(32)33)18-10-8-17(2)9-11-18/h4-12,14,22,28H,3,13,15-16H2,1-2H3,(H,32,33)(H2,29,30,35). The Morgan fingerprint density at radius 1 is 1.09 bits per heavy atom. The molecular formula is C26H29ClN4O4. The maximum absolute atomic E-state index is 13.3. The lowest BCUT2D eigenvalue weighted by Crippen LogP contribution is -2.36. The lowest BCUT2D eigenvalue weighted by atomic mass is 10.0. The minimum atomic E-state index is -1.05. The molecule has 2 amide bonds. The average Bonchev–Trinajstić information content (AvgIpc) is 2.82. The molecule has 0 bridgehead atoms. The Bertz CT molecular complexity index is 1240. The molecule has 8 nitrogen and oxygen atoms in total. The second-order valence-electron chi connectivity index (χ2n) is 8.22. The van der Waals surface area contributed by atoms with Gasteiger partial charge in [0.25, 0.3) is 5.56 Å². The maximum Gasteiger partial charge on any atom is 0.319 e. The number of aromatic nitrogens is 1. The first-order valence-corrected chi connectivity index (χ1v) is 11.7. The Morgan fingerprint density at radius 3 is 2.46 bits per heavy atom. The Morgan fingerprint density at radius 2 is 1.80 bits per heavy atom. The predicted molar refractivity (Wildman–Crippen MR) is 138 cm³/mol. The average molecular weight is 497 g/mol. The smallest absolute Gasteiger partial charge is 0.319 e. The quantitative estimate of drug-likeness (QED) is 0.315. The van der Waals surface area contributed by atoms with Crippen molar-refractivity contribution in [2.75, 3.05) is 17.2 Å². The molecule has 4 N–H and O–H groups in total. The number of hydrogen-bond acceptors (Lipinski definition) is 4. The highest BCUT2D eigenvalue weighted by Crippen LogP contribution is 2.21. The van der Waals surface area contributed by atoms with Gasteiger partial charge in [0.15, 0.2) is 0 Å². The molecule has 1 heterocycles. The summed E-state index contributed by atoms with van der Waals surface area (Å²) < 4.78 is 1.46. The van der Waals surface area contributed by atoms with Gasteiger partial charge >= 0.3 is 12.0 Å². The highest BCUT2D eigenvalue weighted by atomic mass is 35.5. The molecule has 184 valence electrons. The van der Waals surface area contributed by atoms with Crippen molar-refractivity contribution < 1.29 is 14.7 Å². The summed E-state index contributed by atoms with van der Waals surface area (Å²) in [5, 5.41) is 18.4. The molecule has 1 atom stereocenters. The molecule has 0 radical (unpaired) electrons. The summed E-state index contributed by atoms with van der Waals surface area (Å²) in [6.07, 6.45) is 2.16. The highest BCUT2D eigenvalue weighted by Gasteiger charge is 2.20. The molecule has 2 aromatic carbocycles. The number of halogens is 1. The van der Waals surface area contributed by atoms with Crippen molar-refractivity contribution in [3.8, 4) is 0 Å². The molecule has 0 saturated heterocycles. The van der Waals surface area contributed by atoms with Crippen LogP contribution in [0.5, 0.6) is 0 Å². The SMILES string of the molecule is CCCNc1ccn(Cc2ccccc2Cl)c(=O)c1NC(=O)NC(CC(=O)O)c1ccc(C)cc1. The van der Waals surface area contributed by atoms with Crippen molar-refractivity contribution in [3.05, 3.63) is 92.9 Å². The highest BCUT2D eigenvalue weighted by molar-refractivity contribution is 6.31. The summed E-state index contributed by atoms with van der Waals surface area (Å²) in [4.78, 5) is 37.7. The van der Waals surface area contributed by atoms with Crippen LogP contribution < -0.4 is 21.5 Å².